The average molecular weight is 374 g/mol. The Kier molecular flexibility index (Phi) is 4.97. The molecule has 0 heterocycles. The summed E-state index contributed by atoms with van der Waals surface area (Å²) in [5, 5.41) is 0.625. The molecule has 25 heavy (non-hydrogen) atoms. The fraction of sp³-hybridized carbons (Fsp3) is 0.0526. The first-order valence-corrected chi connectivity index (χ1v) is 9.37. The van der Waals surface area contributed by atoms with Gasteiger partial charge in [-0.2, -0.15) is 0 Å². The Balaban J connectivity index is 1.95. The Morgan fingerprint density at radius 1 is 0.880 bits per heavy atom. The number of sulfonamides is 1. The van der Waals surface area contributed by atoms with E-state index in [4.69, 9.17) is 16.3 Å². The molecule has 128 valence electrons. The maximum Gasteiger partial charge on any atom is 0.261 e. The third-order valence-electron chi connectivity index (χ3n) is 3.70. The highest BCUT2D eigenvalue weighted by atomic mass is 35.5. The van der Waals surface area contributed by atoms with Crippen molar-refractivity contribution in [1.82, 2.24) is 0 Å². The van der Waals surface area contributed by atoms with Crippen molar-refractivity contribution in [3.8, 4) is 16.9 Å². The number of ether oxygens (including phenoxy) is 1. The first kappa shape index (κ1) is 17.3. The Bertz CT molecular complexity index is 968. The molecule has 0 aliphatic rings. The minimum Gasteiger partial charge on any atom is -0.497 e. The molecule has 0 spiro atoms. The molecule has 6 heteroatoms. The van der Waals surface area contributed by atoms with Crippen molar-refractivity contribution in [3.05, 3.63) is 77.8 Å². The van der Waals surface area contributed by atoms with Crippen molar-refractivity contribution in [2.75, 3.05) is 11.8 Å². The molecule has 0 amide bonds. The summed E-state index contributed by atoms with van der Waals surface area (Å²) in [6, 6.07) is 20.7. The molecule has 0 aromatic heterocycles. The SMILES string of the molecule is COc1ccc(S(=O)(=O)Nc2ccccc2-c2ccc(Cl)cc2)cc1. The standard InChI is InChI=1S/C19H16ClNO3S/c1-24-16-10-12-17(13-11-16)25(22,23)21-19-5-3-2-4-18(19)14-6-8-15(20)9-7-14/h2-13,21H,1H3. The lowest BCUT2D eigenvalue weighted by Gasteiger charge is -2.13. The Morgan fingerprint density at radius 3 is 2.16 bits per heavy atom. The molecule has 0 aliphatic heterocycles. The molecular weight excluding hydrogens is 358 g/mol. The van der Waals surface area contributed by atoms with E-state index in [0.29, 0.717) is 16.5 Å². The van der Waals surface area contributed by atoms with E-state index < -0.39 is 10.0 Å². The molecule has 0 saturated heterocycles. The van der Waals surface area contributed by atoms with Crippen molar-refractivity contribution in [2.24, 2.45) is 0 Å². The highest BCUT2D eigenvalue weighted by molar-refractivity contribution is 7.92. The van der Waals surface area contributed by atoms with Gasteiger partial charge in [0.15, 0.2) is 0 Å². The van der Waals surface area contributed by atoms with E-state index in [9.17, 15) is 8.42 Å². The van der Waals surface area contributed by atoms with E-state index in [0.717, 1.165) is 11.1 Å². The number of nitrogens with one attached hydrogen (secondary N) is 1. The molecule has 0 fully saturated rings. The summed E-state index contributed by atoms with van der Waals surface area (Å²) in [4.78, 5) is 0.166. The summed E-state index contributed by atoms with van der Waals surface area (Å²) in [5.41, 5.74) is 2.15. The van der Waals surface area contributed by atoms with Crippen LogP contribution < -0.4 is 9.46 Å². The monoisotopic (exact) mass is 373 g/mol. The van der Waals surface area contributed by atoms with Gasteiger partial charge in [0.2, 0.25) is 0 Å². The largest absolute Gasteiger partial charge is 0.497 e. The van der Waals surface area contributed by atoms with Gasteiger partial charge in [-0.15, -0.1) is 0 Å². The van der Waals surface area contributed by atoms with Crippen LogP contribution in [0.5, 0.6) is 5.75 Å². The lowest BCUT2D eigenvalue weighted by molar-refractivity contribution is 0.414. The zero-order valence-corrected chi connectivity index (χ0v) is 15.0. The summed E-state index contributed by atoms with van der Waals surface area (Å²) in [6.45, 7) is 0. The van der Waals surface area contributed by atoms with Gasteiger partial charge in [-0.1, -0.05) is 41.9 Å². The highest BCUT2D eigenvalue weighted by Gasteiger charge is 2.16. The van der Waals surface area contributed by atoms with Crippen molar-refractivity contribution in [3.63, 3.8) is 0 Å². The number of para-hydroxylation sites is 1. The summed E-state index contributed by atoms with van der Waals surface area (Å²) in [7, 11) is -2.18. The third kappa shape index (κ3) is 3.95. The molecule has 0 bridgehead atoms. The molecular formula is C19H16ClNO3S. The second-order valence-corrected chi connectivity index (χ2v) is 7.45. The third-order valence-corrected chi connectivity index (χ3v) is 5.33. The normalized spacial score (nSPS) is 11.1. The first-order chi connectivity index (χ1) is 12.0. The number of halogens is 1. The summed E-state index contributed by atoms with van der Waals surface area (Å²) < 4.78 is 33.0. The highest BCUT2D eigenvalue weighted by Crippen LogP contribution is 2.30. The van der Waals surface area contributed by atoms with Gasteiger partial charge in [0.1, 0.15) is 5.75 Å². The van der Waals surface area contributed by atoms with E-state index >= 15 is 0 Å². The van der Waals surface area contributed by atoms with Crippen molar-refractivity contribution in [2.45, 2.75) is 4.90 Å². The van der Waals surface area contributed by atoms with E-state index in [1.165, 1.54) is 19.2 Å². The van der Waals surface area contributed by atoms with Gasteiger partial charge in [0.25, 0.3) is 10.0 Å². The minimum absolute atomic E-state index is 0.166. The van der Waals surface area contributed by atoms with E-state index in [1.807, 2.05) is 24.3 Å². The molecule has 0 unspecified atom stereocenters. The van der Waals surface area contributed by atoms with Crippen molar-refractivity contribution >= 4 is 27.3 Å². The van der Waals surface area contributed by atoms with Crippen LogP contribution in [-0.2, 0) is 10.0 Å². The minimum atomic E-state index is -3.71. The van der Waals surface area contributed by atoms with E-state index in [-0.39, 0.29) is 4.90 Å². The number of rotatable bonds is 5. The van der Waals surface area contributed by atoms with Gasteiger partial charge >= 0.3 is 0 Å². The first-order valence-electron chi connectivity index (χ1n) is 7.51. The fourth-order valence-corrected chi connectivity index (χ4v) is 3.62. The molecule has 3 rings (SSSR count). The van der Waals surface area contributed by atoms with Crippen LogP contribution in [0.3, 0.4) is 0 Å². The van der Waals surface area contributed by atoms with Crippen molar-refractivity contribution in [1.29, 1.82) is 0 Å². The molecule has 1 N–H and O–H groups in total. The maximum absolute atomic E-state index is 12.7. The number of hydrogen-bond donors (Lipinski definition) is 1. The molecule has 0 radical (unpaired) electrons. The summed E-state index contributed by atoms with van der Waals surface area (Å²) in [6.07, 6.45) is 0. The topological polar surface area (TPSA) is 55.4 Å². The molecule has 0 aliphatic carbocycles. The van der Waals surface area contributed by atoms with Crippen LogP contribution in [-0.4, -0.2) is 15.5 Å². The number of hydrogen-bond acceptors (Lipinski definition) is 3. The van der Waals surface area contributed by atoms with Crippen molar-refractivity contribution < 1.29 is 13.2 Å². The van der Waals surface area contributed by atoms with Gasteiger partial charge in [0, 0.05) is 10.6 Å². The van der Waals surface area contributed by atoms with Gasteiger partial charge in [-0.05, 0) is 48.0 Å². The predicted molar refractivity (Wildman–Crippen MR) is 101 cm³/mol. The number of anilines is 1. The second kappa shape index (κ2) is 7.17. The van der Waals surface area contributed by atoms with Gasteiger partial charge in [-0.25, -0.2) is 8.42 Å². The zero-order valence-electron chi connectivity index (χ0n) is 13.4. The van der Waals surface area contributed by atoms with Gasteiger partial charge in [0.05, 0.1) is 17.7 Å². The van der Waals surface area contributed by atoms with Crippen LogP contribution in [0.1, 0.15) is 0 Å². The Labute approximate surface area is 152 Å². The van der Waals surface area contributed by atoms with Crippen LogP contribution in [0.25, 0.3) is 11.1 Å². The molecule has 0 saturated carbocycles. The Morgan fingerprint density at radius 2 is 1.52 bits per heavy atom. The molecule has 3 aromatic carbocycles. The maximum atomic E-state index is 12.7. The Hall–Kier alpha value is -2.50. The predicted octanol–water partition coefficient (Wildman–Crippen LogP) is 4.82. The zero-order chi connectivity index (χ0) is 17.9. The van der Waals surface area contributed by atoms with Crippen LogP contribution in [0.15, 0.2) is 77.7 Å². The van der Waals surface area contributed by atoms with Crippen LogP contribution in [0.2, 0.25) is 5.02 Å². The summed E-state index contributed by atoms with van der Waals surface area (Å²) >= 11 is 5.93. The van der Waals surface area contributed by atoms with Crippen LogP contribution in [0.4, 0.5) is 5.69 Å². The fourth-order valence-electron chi connectivity index (χ4n) is 2.41. The molecule has 3 aromatic rings. The molecule has 0 atom stereocenters. The second-order valence-electron chi connectivity index (χ2n) is 5.33. The summed E-state index contributed by atoms with van der Waals surface area (Å²) in [5.74, 6) is 0.598. The van der Waals surface area contributed by atoms with Crippen LogP contribution >= 0.6 is 11.6 Å². The lowest BCUT2D eigenvalue weighted by Crippen LogP contribution is -2.13. The number of methoxy groups -OCH3 is 1. The van der Waals surface area contributed by atoms with Crippen LogP contribution in [0, 0.1) is 0 Å². The average Bonchev–Trinajstić information content (AvgIpc) is 2.63. The van der Waals surface area contributed by atoms with E-state index in [2.05, 4.69) is 4.72 Å². The van der Waals surface area contributed by atoms with Gasteiger partial charge in [-0.3, -0.25) is 4.72 Å². The number of benzene rings is 3. The van der Waals surface area contributed by atoms with Gasteiger partial charge < -0.3 is 4.74 Å². The lowest BCUT2D eigenvalue weighted by atomic mass is 10.0. The quantitative estimate of drug-likeness (QED) is 0.697. The molecule has 4 nitrogen and oxygen atoms in total. The smallest absolute Gasteiger partial charge is 0.261 e. The van der Waals surface area contributed by atoms with E-state index in [1.54, 1.807) is 36.4 Å².